The van der Waals surface area contributed by atoms with Crippen LogP contribution in [0.15, 0.2) is 79.3 Å². The summed E-state index contributed by atoms with van der Waals surface area (Å²) in [6.07, 6.45) is 5.37. The lowest BCUT2D eigenvalue weighted by atomic mass is 10.1. The number of rotatable bonds is 9. The number of ether oxygens (including phenoxy) is 1. The zero-order chi connectivity index (χ0) is 25.5. The monoisotopic (exact) mass is 497 g/mol. The summed E-state index contributed by atoms with van der Waals surface area (Å²) >= 11 is 0. The fraction of sp³-hybridized carbons (Fsp3) is 0.286. The SMILES string of the molecule is COc1ccc(-c2nn(Cc3ccccc3)cc2C(=O)NCCN2CCN(c3ncccn3)CC2)cc1. The molecule has 37 heavy (non-hydrogen) atoms. The van der Waals surface area contributed by atoms with Crippen molar-refractivity contribution in [2.24, 2.45) is 0 Å². The molecule has 4 aromatic rings. The van der Waals surface area contributed by atoms with E-state index in [9.17, 15) is 4.79 Å². The van der Waals surface area contributed by atoms with Gasteiger partial charge in [-0.2, -0.15) is 5.10 Å². The first-order valence-electron chi connectivity index (χ1n) is 12.5. The molecule has 0 spiro atoms. The Bertz CT molecular complexity index is 1290. The minimum atomic E-state index is -0.124. The van der Waals surface area contributed by atoms with Gasteiger partial charge in [0.1, 0.15) is 11.4 Å². The number of carbonyl (C=O) groups excluding carboxylic acids is 1. The van der Waals surface area contributed by atoms with Crippen molar-refractivity contribution < 1.29 is 9.53 Å². The van der Waals surface area contributed by atoms with Crippen molar-refractivity contribution in [2.75, 3.05) is 51.3 Å². The molecular formula is C28H31N7O2. The van der Waals surface area contributed by atoms with E-state index in [-0.39, 0.29) is 5.91 Å². The van der Waals surface area contributed by atoms with Crippen LogP contribution >= 0.6 is 0 Å². The molecule has 1 amide bonds. The second-order valence-electron chi connectivity index (χ2n) is 8.94. The number of benzene rings is 2. The third-order valence-electron chi connectivity index (χ3n) is 6.48. The van der Waals surface area contributed by atoms with Gasteiger partial charge in [0.15, 0.2) is 0 Å². The highest BCUT2D eigenvalue weighted by Gasteiger charge is 2.21. The van der Waals surface area contributed by atoms with E-state index in [4.69, 9.17) is 9.84 Å². The Kier molecular flexibility index (Phi) is 7.71. The molecule has 1 saturated heterocycles. The minimum Gasteiger partial charge on any atom is -0.497 e. The summed E-state index contributed by atoms with van der Waals surface area (Å²) in [4.78, 5) is 26.5. The number of carbonyl (C=O) groups is 1. The maximum atomic E-state index is 13.3. The van der Waals surface area contributed by atoms with Gasteiger partial charge < -0.3 is 15.0 Å². The van der Waals surface area contributed by atoms with Crippen LogP contribution in [0.1, 0.15) is 15.9 Å². The second-order valence-corrected chi connectivity index (χ2v) is 8.94. The van der Waals surface area contributed by atoms with Crippen LogP contribution in [-0.2, 0) is 6.54 Å². The first-order chi connectivity index (χ1) is 18.2. The number of nitrogens with zero attached hydrogens (tertiary/aromatic N) is 6. The molecule has 1 aliphatic heterocycles. The van der Waals surface area contributed by atoms with Gasteiger partial charge in [-0.25, -0.2) is 9.97 Å². The average Bonchev–Trinajstić information content (AvgIpc) is 3.38. The summed E-state index contributed by atoms with van der Waals surface area (Å²) < 4.78 is 7.12. The van der Waals surface area contributed by atoms with Crippen LogP contribution < -0.4 is 15.0 Å². The molecule has 1 aliphatic rings. The molecule has 1 N–H and O–H groups in total. The van der Waals surface area contributed by atoms with Gasteiger partial charge in [0.2, 0.25) is 5.95 Å². The van der Waals surface area contributed by atoms with Gasteiger partial charge in [0.05, 0.1) is 19.2 Å². The van der Waals surface area contributed by atoms with Crippen LogP contribution in [0, 0.1) is 0 Å². The topological polar surface area (TPSA) is 88.4 Å². The van der Waals surface area contributed by atoms with E-state index < -0.39 is 0 Å². The van der Waals surface area contributed by atoms with E-state index in [1.54, 1.807) is 19.5 Å². The quantitative estimate of drug-likeness (QED) is 0.380. The van der Waals surface area contributed by atoms with E-state index in [2.05, 4.69) is 37.2 Å². The maximum Gasteiger partial charge on any atom is 0.255 e. The van der Waals surface area contributed by atoms with Gasteiger partial charge in [-0.15, -0.1) is 0 Å². The van der Waals surface area contributed by atoms with Gasteiger partial charge in [0, 0.05) is 63.4 Å². The van der Waals surface area contributed by atoms with Crippen molar-refractivity contribution in [1.82, 2.24) is 30.0 Å². The molecule has 3 heterocycles. The predicted octanol–water partition coefficient (Wildman–Crippen LogP) is 2.95. The van der Waals surface area contributed by atoms with Crippen molar-refractivity contribution in [3.63, 3.8) is 0 Å². The third-order valence-corrected chi connectivity index (χ3v) is 6.48. The highest BCUT2D eigenvalue weighted by molar-refractivity contribution is 5.99. The maximum absolute atomic E-state index is 13.3. The number of amides is 1. The van der Waals surface area contributed by atoms with Gasteiger partial charge in [-0.1, -0.05) is 30.3 Å². The lowest BCUT2D eigenvalue weighted by Crippen LogP contribution is -2.49. The van der Waals surface area contributed by atoms with Crippen LogP contribution in [0.25, 0.3) is 11.3 Å². The van der Waals surface area contributed by atoms with Crippen LogP contribution in [0.4, 0.5) is 5.95 Å². The van der Waals surface area contributed by atoms with Gasteiger partial charge in [-0.05, 0) is 35.9 Å². The predicted molar refractivity (Wildman–Crippen MR) is 143 cm³/mol. The Morgan fingerprint density at radius 2 is 1.68 bits per heavy atom. The van der Waals surface area contributed by atoms with E-state index >= 15 is 0 Å². The Morgan fingerprint density at radius 3 is 2.38 bits per heavy atom. The van der Waals surface area contributed by atoms with E-state index in [0.717, 1.165) is 55.5 Å². The average molecular weight is 498 g/mol. The molecule has 5 rings (SSSR count). The molecule has 0 unspecified atom stereocenters. The molecular weight excluding hydrogens is 466 g/mol. The Morgan fingerprint density at radius 1 is 0.946 bits per heavy atom. The summed E-state index contributed by atoms with van der Waals surface area (Å²) in [5.41, 5.74) is 3.22. The number of hydrogen-bond acceptors (Lipinski definition) is 7. The number of aromatic nitrogens is 4. The Hall–Kier alpha value is -4.24. The van der Waals surface area contributed by atoms with Crippen molar-refractivity contribution in [2.45, 2.75) is 6.54 Å². The fourth-order valence-corrected chi connectivity index (χ4v) is 4.45. The number of methoxy groups -OCH3 is 1. The lowest BCUT2D eigenvalue weighted by molar-refractivity contribution is 0.0948. The zero-order valence-corrected chi connectivity index (χ0v) is 21.0. The summed E-state index contributed by atoms with van der Waals surface area (Å²) in [7, 11) is 1.64. The van der Waals surface area contributed by atoms with Crippen LogP contribution in [-0.4, -0.2) is 76.9 Å². The Balaban J connectivity index is 1.22. The smallest absolute Gasteiger partial charge is 0.255 e. The summed E-state index contributed by atoms with van der Waals surface area (Å²) in [6.45, 7) is 5.47. The number of nitrogens with one attached hydrogen (secondary N) is 1. The molecule has 0 saturated carbocycles. The zero-order valence-electron chi connectivity index (χ0n) is 21.0. The first kappa shape index (κ1) is 24.5. The van der Waals surface area contributed by atoms with Crippen LogP contribution in [0.3, 0.4) is 0 Å². The Labute approximate surface area is 216 Å². The molecule has 9 heteroatoms. The van der Waals surface area contributed by atoms with E-state index in [1.807, 2.05) is 59.4 Å². The molecule has 0 radical (unpaired) electrons. The van der Waals surface area contributed by atoms with E-state index in [0.29, 0.717) is 24.3 Å². The van der Waals surface area contributed by atoms with Crippen molar-refractivity contribution in [1.29, 1.82) is 0 Å². The first-order valence-corrected chi connectivity index (χ1v) is 12.5. The normalized spacial score (nSPS) is 13.9. The third kappa shape index (κ3) is 6.13. The fourth-order valence-electron chi connectivity index (χ4n) is 4.45. The number of piperazine rings is 1. The van der Waals surface area contributed by atoms with Crippen LogP contribution in [0.5, 0.6) is 5.75 Å². The van der Waals surface area contributed by atoms with Gasteiger partial charge in [0.25, 0.3) is 5.91 Å². The van der Waals surface area contributed by atoms with Crippen molar-refractivity contribution >= 4 is 11.9 Å². The van der Waals surface area contributed by atoms with Crippen LogP contribution in [0.2, 0.25) is 0 Å². The molecule has 190 valence electrons. The van der Waals surface area contributed by atoms with E-state index in [1.165, 1.54) is 0 Å². The minimum absolute atomic E-state index is 0.124. The molecule has 0 bridgehead atoms. The standard InChI is InChI=1S/C28H31N7O2/c1-37-24-10-8-23(9-11-24)26-25(21-35(32-26)20-22-6-3-2-4-7-22)27(36)29-14-15-33-16-18-34(19-17-33)28-30-12-5-13-31-28/h2-13,21H,14-20H2,1H3,(H,29,36). The molecule has 2 aromatic carbocycles. The highest BCUT2D eigenvalue weighted by atomic mass is 16.5. The largest absolute Gasteiger partial charge is 0.497 e. The highest BCUT2D eigenvalue weighted by Crippen LogP contribution is 2.25. The molecule has 2 aromatic heterocycles. The molecule has 0 atom stereocenters. The molecule has 0 aliphatic carbocycles. The molecule has 1 fully saturated rings. The molecule has 9 nitrogen and oxygen atoms in total. The van der Waals surface area contributed by atoms with Crippen molar-refractivity contribution in [3.05, 3.63) is 90.4 Å². The van der Waals surface area contributed by atoms with Gasteiger partial charge in [-0.3, -0.25) is 14.4 Å². The summed E-state index contributed by atoms with van der Waals surface area (Å²) in [5, 5.41) is 7.88. The summed E-state index contributed by atoms with van der Waals surface area (Å²) in [6, 6.07) is 19.6. The number of hydrogen-bond donors (Lipinski definition) is 1. The number of anilines is 1. The second kappa shape index (κ2) is 11.7. The summed E-state index contributed by atoms with van der Waals surface area (Å²) in [5.74, 6) is 1.41. The van der Waals surface area contributed by atoms with Gasteiger partial charge >= 0.3 is 0 Å². The van der Waals surface area contributed by atoms with Crippen molar-refractivity contribution in [3.8, 4) is 17.0 Å². The lowest BCUT2D eigenvalue weighted by Gasteiger charge is -2.34.